The summed E-state index contributed by atoms with van der Waals surface area (Å²) in [7, 11) is -3.25. The Labute approximate surface area is 150 Å². The normalized spacial score (nSPS) is 16.7. The molecule has 0 aliphatic carbocycles. The van der Waals surface area contributed by atoms with Crippen LogP contribution < -0.4 is 5.32 Å². The highest BCUT2D eigenvalue weighted by Crippen LogP contribution is 2.18. The number of carbonyl (C=O) groups excluding carboxylic acids is 1. The fourth-order valence-electron chi connectivity index (χ4n) is 2.51. The molecular formula is C18H17FN2O4S. The van der Waals surface area contributed by atoms with Crippen LogP contribution in [0.3, 0.4) is 0 Å². The highest BCUT2D eigenvalue weighted by molar-refractivity contribution is 7.90. The van der Waals surface area contributed by atoms with Crippen molar-refractivity contribution >= 4 is 21.5 Å². The third-order valence-electron chi connectivity index (χ3n) is 3.94. The molecule has 1 aliphatic rings. The zero-order chi connectivity index (χ0) is 18.7. The maximum Gasteiger partial charge on any atom is 0.264 e. The Bertz CT molecular complexity index is 955. The van der Waals surface area contributed by atoms with Crippen molar-refractivity contribution < 1.29 is 22.4 Å². The standard InChI is InChI=1S/C18H17FN2O4S/c1-26(23,24)15-7-5-12(6-8-15)11-20-18(22)17-10-16(21-25-17)13-3-2-4-14(19)9-13/h2-9,17H,10-11H2,1H3,(H,20,22). The van der Waals surface area contributed by atoms with Crippen LogP contribution in [0, 0.1) is 5.82 Å². The summed E-state index contributed by atoms with van der Waals surface area (Å²) < 4.78 is 36.1. The summed E-state index contributed by atoms with van der Waals surface area (Å²) in [5.74, 6) is -0.719. The van der Waals surface area contributed by atoms with E-state index in [4.69, 9.17) is 4.84 Å². The number of hydrogen-bond donors (Lipinski definition) is 1. The molecule has 0 aromatic heterocycles. The number of sulfone groups is 1. The minimum atomic E-state index is -3.25. The minimum absolute atomic E-state index is 0.222. The SMILES string of the molecule is CS(=O)(=O)c1ccc(CNC(=O)C2CC(c3cccc(F)c3)=NO2)cc1. The molecule has 6 nitrogen and oxygen atoms in total. The Morgan fingerprint density at radius 2 is 2.00 bits per heavy atom. The summed E-state index contributed by atoms with van der Waals surface area (Å²) in [5, 5.41) is 6.59. The number of amides is 1. The van der Waals surface area contributed by atoms with E-state index in [2.05, 4.69) is 10.5 Å². The van der Waals surface area contributed by atoms with Crippen LogP contribution in [0.25, 0.3) is 0 Å². The predicted octanol–water partition coefficient (Wildman–Crippen LogP) is 2.04. The lowest BCUT2D eigenvalue weighted by Crippen LogP contribution is -2.34. The molecule has 0 fully saturated rings. The molecule has 1 aliphatic heterocycles. The van der Waals surface area contributed by atoms with E-state index < -0.39 is 15.9 Å². The first kappa shape index (κ1) is 18.1. The number of rotatable bonds is 5. The van der Waals surface area contributed by atoms with Gasteiger partial charge in [0, 0.05) is 24.8 Å². The van der Waals surface area contributed by atoms with Gasteiger partial charge in [0.15, 0.2) is 9.84 Å². The van der Waals surface area contributed by atoms with Gasteiger partial charge in [0.1, 0.15) is 5.82 Å². The van der Waals surface area contributed by atoms with Crippen molar-refractivity contribution in [1.29, 1.82) is 0 Å². The molecule has 1 unspecified atom stereocenters. The van der Waals surface area contributed by atoms with Gasteiger partial charge in [0.05, 0.1) is 10.6 Å². The average molecular weight is 376 g/mol. The van der Waals surface area contributed by atoms with Gasteiger partial charge in [0.2, 0.25) is 6.10 Å². The van der Waals surface area contributed by atoms with Gasteiger partial charge in [-0.3, -0.25) is 4.79 Å². The van der Waals surface area contributed by atoms with E-state index in [0.29, 0.717) is 11.3 Å². The maximum absolute atomic E-state index is 13.3. The van der Waals surface area contributed by atoms with E-state index in [1.165, 1.54) is 24.3 Å². The highest BCUT2D eigenvalue weighted by atomic mass is 32.2. The van der Waals surface area contributed by atoms with Crippen molar-refractivity contribution in [3.05, 3.63) is 65.5 Å². The van der Waals surface area contributed by atoms with Gasteiger partial charge in [-0.2, -0.15) is 0 Å². The zero-order valence-corrected chi connectivity index (χ0v) is 14.8. The maximum atomic E-state index is 13.3. The van der Waals surface area contributed by atoms with Crippen molar-refractivity contribution in [3.8, 4) is 0 Å². The second kappa shape index (κ2) is 7.25. The number of oxime groups is 1. The third kappa shape index (κ3) is 4.26. The van der Waals surface area contributed by atoms with E-state index >= 15 is 0 Å². The molecule has 26 heavy (non-hydrogen) atoms. The lowest BCUT2D eigenvalue weighted by Gasteiger charge is -2.10. The summed E-state index contributed by atoms with van der Waals surface area (Å²) in [4.78, 5) is 17.6. The van der Waals surface area contributed by atoms with Crippen LogP contribution in [0.4, 0.5) is 4.39 Å². The summed E-state index contributed by atoms with van der Waals surface area (Å²) in [6.45, 7) is 0.234. The van der Waals surface area contributed by atoms with Gasteiger partial charge < -0.3 is 10.2 Å². The van der Waals surface area contributed by atoms with E-state index in [1.54, 1.807) is 24.3 Å². The molecule has 0 bridgehead atoms. The first-order chi connectivity index (χ1) is 12.3. The Kier molecular flexibility index (Phi) is 5.03. The first-order valence-electron chi connectivity index (χ1n) is 7.88. The van der Waals surface area contributed by atoms with Crippen LogP contribution >= 0.6 is 0 Å². The van der Waals surface area contributed by atoms with E-state index in [-0.39, 0.29) is 29.6 Å². The molecule has 1 atom stereocenters. The van der Waals surface area contributed by atoms with Crippen molar-refractivity contribution in [3.63, 3.8) is 0 Å². The minimum Gasteiger partial charge on any atom is -0.382 e. The van der Waals surface area contributed by atoms with E-state index in [1.807, 2.05) is 0 Å². The summed E-state index contributed by atoms with van der Waals surface area (Å²) in [6.07, 6.45) is 0.614. The smallest absolute Gasteiger partial charge is 0.264 e. The topological polar surface area (TPSA) is 84.8 Å². The number of nitrogens with zero attached hydrogens (tertiary/aromatic N) is 1. The van der Waals surface area contributed by atoms with Crippen LogP contribution in [0.1, 0.15) is 17.5 Å². The van der Waals surface area contributed by atoms with E-state index in [9.17, 15) is 17.6 Å². The molecule has 136 valence electrons. The second-order valence-corrected chi connectivity index (χ2v) is 8.00. The zero-order valence-electron chi connectivity index (χ0n) is 14.0. The van der Waals surface area contributed by atoms with Gasteiger partial charge in [0.25, 0.3) is 5.91 Å². The van der Waals surface area contributed by atoms with Crippen molar-refractivity contribution in [1.82, 2.24) is 5.32 Å². The molecule has 1 heterocycles. The molecule has 8 heteroatoms. The summed E-state index contributed by atoms with van der Waals surface area (Å²) in [5.41, 5.74) is 1.86. The summed E-state index contributed by atoms with van der Waals surface area (Å²) >= 11 is 0. The first-order valence-corrected chi connectivity index (χ1v) is 9.77. The van der Waals surface area contributed by atoms with Gasteiger partial charge in [-0.1, -0.05) is 29.4 Å². The lowest BCUT2D eigenvalue weighted by atomic mass is 10.0. The van der Waals surface area contributed by atoms with E-state index in [0.717, 1.165) is 11.8 Å². The van der Waals surface area contributed by atoms with Gasteiger partial charge >= 0.3 is 0 Å². The van der Waals surface area contributed by atoms with Crippen LogP contribution in [0.2, 0.25) is 0 Å². The monoisotopic (exact) mass is 376 g/mol. The Morgan fingerprint density at radius 1 is 1.27 bits per heavy atom. The van der Waals surface area contributed by atoms with Crippen LogP contribution in [-0.2, 0) is 26.0 Å². The largest absolute Gasteiger partial charge is 0.382 e. The van der Waals surface area contributed by atoms with Crippen molar-refractivity contribution in [2.75, 3.05) is 6.26 Å². The number of carbonyl (C=O) groups is 1. The molecular weight excluding hydrogens is 359 g/mol. The molecule has 0 radical (unpaired) electrons. The molecule has 0 spiro atoms. The molecule has 1 amide bonds. The predicted molar refractivity (Wildman–Crippen MR) is 93.8 cm³/mol. The summed E-state index contributed by atoms with van der Waals surface area (Å²) in [6, 6.07) is 12.2. The lowest BCUT2D eigenvalue weighted by molar-refractivity contribution is -0.131. The second-order valence-electron chi connectivity index (χ2n) is 5.98. The molecule has 2 aromatic carbocycles. The Balaban J connectivity index is 1.55. The van der Waals surface area contributed by atoms with Gasteiger partial charge in [-0.05, 0) is 29.8 Å². The highest BCUT2D eigenvalue weighted by Gasteiger charge is 2.28. The van der Waals surface area contributed by atoms with Gasteiger partial charge in [-0.25, -0.2) is 12.8 Å². The molecule has 0 saturated carbocycles. The number of halogens is 1. The fraction of sp³-hybridized carbons (Fsp3) is 0.222. The number of hydrogen-bond acceptors (Lipinski definition) is 5. The average Bonchev–Trinajstić information content (AvgIpc) is 3.09. The quantitative estimate of drug-likeness (QED) is 0.865. The third-order valence-corrected chi connectivity index (χ3v) is 5.07. The molecule has 1 N–H and O–H groups in total. The molecule has 3 rings (SSSR count). The number of benzene rings is 2. The van der Waals surface area contributed by atoms with Gasteiger partial charge in [-0.15, -0.1) is 0 Å². The Hall–Kier alpha value is -2.74. The van der Waals surface area contributed by atoms with Crippen LogP contribution in [0.5, 0.6) is 0 Å². The fourth-order valence-corrected chi connectivity index (χ4v) is 3.14. The number of nitrogens with one attached hydrogen (secondary N) is 1. The molecule has 2 aromatic rings. The van der Waals surface area contributed by atoms with Crippen LogP contribution in [-0.4, -0.2) is 32.4 Å². The van der Waals surface area contributed by atoms with Crippen molar-refractivity contribution in [2.45, 2.75) is 24.0 Å². The Morgan fingerprint density at radius 3 is 2.65 bits per heavy atom. The molecule has 0 saturated heterocycles. The van der Waals surface area contributed by atoms with Crippen molar-refractivity contribution in [2.24, 2.45) is 5.16 Å². The van der Waals surface area contributed by atoms with Crippen LogP contribution in [0.15, 0.2) is 58.6 Å².